The molecule has 0 aliphatic carbocycles. The Morgan fingerprint density at radius 3 is 2.55 bits per heavy atom. The van der Waals surface area contributed by atoms with Gasteiger partial charge < -0.3 is 9.84 Å². The van der Waals surface area contributed by atoms with Crippen molar-refractivity contribution < 1.29 is 9.84 Å². The van der Waals surface area contributed by atoms with Gasteiger partial charge in [0, 0.05) is 45.4 Å². The van der Waals surface area contributed by atoms with Crippen LogP contribution in [0.5, 0.6) is 5.75 Å². The summed E-state index contributed by atoms with van der Waals surface area (Å²) in [5.41, 5.74) is 1.32. The highest BCUT2D eigenvalue weighted by Gasteiger charge is 2.26. The minimum absolute atomic E-state index is 0.273. The van der Waals surface area contributed by atoms with Crippen molar-refractivity contribution in [1.82, 2.24) is 9.80 Å². The summed E-state index contributed by atoms with van der Waals surface area (Å²) < 4.78 is 5.21. The van der Waals surface area contributed by atoms with E-state index in [2.05, 4.69) is 35.8 Å². The Hall–Kier alpha value is -1.10. The van der Waals surface area contributed by atoms with E-state index in [9.17, 15) is 5.11 Å². The Kier molecular flexibility index (Phi) is 6.68. The molecule has 1 heterocycles. The Morgan fingerprint density at radius 1 is 1.23 bits per heavy atom. The number of nitrogens with zero attached hydrogens (tertiary/aromatic N) is 2. The van der Waals surface area contributed by atoms with Crippen molar-refractivity contribution in [3.63, 3.8) is 0 Å². The predicted molar refractivity (Wildman–Crippen MR) is 90.2 cm³/mol. The molecule has 0 bridgehead atoms. The van der Waals surface area contributed by atoms with Crippen LogP contribution in [0.15, 0.2) is 24.3 Å². The molecule has 0 saturated carbocycles. The van der Waals surface area contributed by atoms with E-state index in [1.807, 2.05) is 12.1 Å². The van der Waals surface area contributed by atoms with Gasteiger partial charge in [-0.05, 0) is 30.0 Å². The quantitative estimate of drug-likeness (QED) is 0.838. The van der Waals surface area contributed by atoms with Gasteiger partial charge in [-0.15, -0.1) is 0 Å². The maximum atomic E-state index is 9.35. The number of hydrogen-bond acceptors (Lipinski definition) is 4. The Morgan fingerprint density at radius 2 is 1.95 bits per heavy atom. The van der Waals surface area contributed by atoms with E-state index in [-0.39, 0.29) is 6.61 Å². The van der Waals surface area contributed by atoms with Crippen molar-refractivity contribution >= 4 is 0 Å². The number of methoxy groups -OCH3 is 1. The second-order valence-electron chi connectivity index (χ2n) is 6.64. The van der Waals surface area contributed by atoms with Crippen LogP contribution in [0, 0.1) is 5.92 Å². The number of rotatable bonds is 7. The zero-order chi connectivity index (χ0) is 15.9. The molecule has 0 aromatic heterocycles. The second-order valence-corrected chi connectivity index (χ2v) is 6.64. The van der Waals surface area contributed by atoms with Crippen LogP contribution in [0.4, 0.5) is 0 Å². The molecule has 124 valence electrons. The van der Waals surface area contributed by atoms with E-state index in [1.54, 1.807) is 7.11 Å². The van der Waals surface area contributed by atoms with Crippen molar-refractivity contribution in [3.8, 4) is 5.75 Å². The van der Waals surface area contributed by atoms with Gasteiger partial charge in [-0.3, -0.25) is 9.80 Å². The smallest absolute Gasteiger partial charge is 0.118 e. The summed E-state index contributed by atoms with van der Waals surface area (Å²) in [6.07, 6.45) is 0.867. The lowest BCUT2D eigenvalue weighted by Gasteiger charge is -2.42. The van der Waals surface area contributed by atoms with Crippen LogP contribution in [0.1, 0.15) is 25.8 Å². The van der Waals surface area contributed by atoms with E-state index in [0.29, 0.717) is 12.0 Å². The summed E-state index contributed by atoms with van der Waals surface area (Å²) in [6.45, 7) is 10.1. The third-order valence-electron chi connectivity index (χ3n) is 4.32. The first-order valence-electron chi connectivity index (χ1n) is 8.32. The summed E-state index contributed by atoms with van der Waals surface area (Å²) in [5, 5.41) is 9.35. The second kappa shape index (κ2) is 8.51. The maximum absolute atomic E-state index is 9.35. The fourth-order valence-electron chi connectivity index (χ4n) is 3.22. The zero-order valence-electron chi connectivity index (χ0n) is 14.2. The highest BCUT2D eigenvalue weighted by atomic mass is 16.5. The van der Waals surface area contributed by atoms with Crippen LogP contribution in [0.2, 0.25) is 0 Å². The van der Waals surface area contributed by atoms with Crippen LogP contribution < -0.4 is 4.74 Å². The van der Waals surface area contributed by atoms with Gasteiger partial charge in [0.25, 0.3) is 0 Å². The van der Waals surface area contributed by atoms with Crippen LogP contribution in [-0.2, 0) is 6.54 Å². The number of ether oxygens (including phenoxy) is 1. The molecule has 1 aromatic rings. The first kappa shape index (κ1) is 17.3. The molecule has 1 atom stereocenters. The molecule has 0 spiro atoms. The number of hydrogen-bond donors (Lipinski definition) is 1. The molecular formula is C18H30N2O2. The van der Waals surface area contributed by atoms with Crippen molar-refractivity contribution in [3.05, 3.63) is 29.8 Å². The van der Waals surface area contributed by atoms with Gasteiger partial charge >= 0.3 is 0 Å². The fraction of sp³-hybridized carbons (Fsp3) is 0.667. The molecule has 22 heavy (non-hydrogen) atoms. The summed E-state index contributed by atoms with van der Waals surface area (Å²) in [4.78, 5) is 5.05. The van der Waals surface area contributed by atoms with Crippen molar-refractivity contribution in [2.24, 2.45) is 5.92 Å². The molecule has 1 aromatic carbocycles. The third-order valence-corrected chi connectivity index (χ3v) is 4.32. The van der Waals surface area contributed by atoms with Gasteiger partial charge in [0.2, 0.25) is 0 Å². The summed E-state index contributed by atoms with van der Waals surface area (Å²) >= 11 is 0. The lowest BCUT2D eigenvalue weighted by Crippen LogP contribution is -2.53. The lowest BCUT2D eigenvalue weighted by molar-refractivity contribution is 0.0477. The Balaban J connectivity index is 1.92. The van der Waals surface area contributed by atoms with E-state index in [4.69, 9.17) is 4.74 Å². The highest BCUT2D eigenvalue weighted by Crippen LogP contribution is 2.18. The number of aliphatic hydroxyl groups excluding tert-OH is 1. The summed E-state index contributed by atoms with van der Waals surface area (Å²) in [6, 6.07) is 8.80. The summed E-state index contributed by atoms with van der Waals surface area (Å²) in [7, 11) is 1.70. The topological polar surface area (TPSA) is 35.9 Å². The van der Waals surface area contributed by atoms with Gasteiger partial charge in [-0.2, -0.15) is 0 Å². The van der Waals surface area contributed by atoms with Crippen LogP contribution >= 0.6 is 0 Å². The molecule has 1 aliphatic heterocycles. The number of piperazine rings is 1. The molecule has 4 heteroatoms. The van der Waals surface area contributed by atoms with E-state index < -0.39 is 0 Å². The van der Waals surface area contributed by atoms with Crippen LogP contribution in [0.25, 0.3) is 0 Å². The largest absolute Gasteiger partial charge is 0.497 e. The fourth-order valence-corrected chi connectivity index (χ4v) is 3.22. The standard InChI is InChI=1S/C18H30N2O2/c1-15(2)12-20-10-9-19(14-17(20)8-11-21)13-16-4-6-18(22-3)7-5-16/h4-7,15,17,21H,8-14H2,1-3H3. The molecule has 1 N–H and O–H groups in total. The van der Waals surface area contributed by atoms with Gasteiger partial charge in [0.1, 0.15) is 5.75 Å². The van der Waals surface area contributed by atoms with E-state index in [0.717, 1.165) is 44.9 Å². The Bertz CT molecular complexity index is 433. The number of benzene rings is 1. The predicted octanol–water partition coefficient (Wildman–Crippen LogP) is 2.22. The molecule has 1 unspecified atom stereocenters. The molecule has 4 nitrogen and oxygen atoms in total. The van der Waals surface area contributed by atoms with Gasteiger partial charge in [0.15, 0.2) is 0 Å². The molecule has 1 aliphatic rings. The monoisotopic (exact) mass is 306 g/mol. The maximum Gasteiger partial charge on any atom is 0.118 e. The van der Waals surface area contributed by atoms with Crippen molar-refractivity contribution in [2.75, 3.05) is 39.9 Å². The third kappa shape index (κ3) is 4.97. The molecule has 1 fully saturated rings. The van der Waals surface area contributed by atoms with Gasteiger partial charge in [-0.1, -0.05) is 26.0 Å². The molecular weight excluding hydrogens is 276 g/mol. The highest BCUT2D eigenvalue weighted by molar-refractivity contribution is 5.27. The van der Waals surface area contributed by atoms with Crippen LogP contribution in [-0.4, -0.2) is 60.8 Å². The van der Waals surface area contributed by atoms with E-state index in [1.165, 1.54) is 5.56 Å². The normalized spacial score (nSPS) is 20.5. The molecule has 0 amide bonds. The average molecular weight is 306 g/mol. The lowest BCUT2D eigenvalue weighted by atomic mass is 10.1. The van der Waals surface area contributed by atoms with Gasteiger partial charge in [0.05, 0.1) is 7.11 Å². The molecule has 1 saturated heterocycles. The minimum atomic E-state index is 0.273. The number of aliphatic hydroxyl groups is 1. The first-order valence-corrected chi connectivity index (χ1v) is 8.32. The van der Waals surface area contributed by atoms with E-state index >= 15 is 0 Å². The Labute approximate surface area is 134 Å². The first-order chi connectivity index (χ1) is 10.6. The average Bonchev–Trinajstić information content (AvgIpc) is 2.50. The van der Waals surface area contributed by atoms with Crippen molar-refractivity contribution in [2.45, 2.75) is 32.9 Å². The summed E-state index contributed by atoms with van der Waals surface area (Å²) in [5.74, 6) is 1.58. The minimum Gasteiger partial charge on any atom is -0.497 e. The molecule has 0 radical (unpaired) electrons. The van der Waals surface area contributed by atoms with Gasteiger partial charge in [-0.25, -0.2) is 0 Å². The molecule has 2 rings (SSSR count). The van der Waals surface area contributed by atoms with Crippen molar-refractivity contribution in [1.29, 1.82) is 0 Å². The van der Waals surface area contributed by atoms with Crippen LogP contribution in [0.3, 0.4) is 0 Å². The SMILES string of the molecule is COc1ccc(CN2CCN(CC(C)C)C(CCO)C2)cc1. The zero-order valence-corrected chi connectivity index (χ0v) is 14.2.